The standard InChI is InChI=1S/C26H28N2O4S/c1-20(25(21-9-4-2-5-10-21)22-11-6-3-7-12-22)27-26(29)23-13-8-14-24(19-23)33(30,31)28-15-17-32-18-16-28/h2-14,19-20,25H,15-18H2,1H3,(H,27,29). The molecule has 0 saturated carbocycles. The summed E-state index contributed by atoms with van der Waals surface area (Å²) in [7, 11) is -3.68. The fourth-order valence-electron chi connectivity index (χ4n) is 4.20. The molecule has 7 heteroatoms. The number of amides is 1. The van der Waals surface area contributed by atoms with E-state index < -0.39 is 10.0 Å². The maximum Gasteiger partial charge on any atom is 0.251 e. The van der Waals surface area contributed by atoms with E-state index in [0.717, 1.165) is 11.1 Å². The van der Waals surface area contributed by atoms with Gasteiger partial charge in [0.1, 0.15) is 0 Å². The molecule has 1 heterocycles. The number of nitrogens with zero attached hydrogens (tertiary/aromatic N) is 1. The summed E-state index contributed by atoms with van der Waals surface area (Å²) in [6.07, 6.45) is 0. The van der Waals surface area contributed by atoms with E-state index in [1.54, 1.807) is 12.1 Å². The van der Waals surface area contributed by atoms with Crippen molar-refractivity contribution < 1.29 is 17.9 Å². The fourth-order valence-corrected chi connectivity index (χ4v) is 5.65. The van der Waals surface area contributed by atoms with Crippen LogP contribution in [0.1, 0.15) is 34.3 Å². The predicted octanol–water partition coefficient (Wildman–Crippen LogP) is 3.66. The Morgan fingerprint density at radius 2 is 1.45 bits per heavy atom. The first-order valence-corrected chi connectivity index (χ1v) is 12.5. The van der Waals surface area contributed by atoms with Gasteiger partial charge in [0, 0.05) is 30.6 Å². The molecule has 1 aliphatic rings. The molecule has 1 fully saturated rings. The minimum Gasteiger partial charge on any atom is -0.379 e. The lowest BCUT2D eigenvalue weighted by Crippen LogP contribution is -2.40. The predicted molar refractivity (Wildman–Crippen MR) is 128 cm³/mol. The van der Waals surface area contributed by atoms with Gasteiger partial charge in [0.25, 0.3) is 5.91 Å². The monoisotopic (exact) mass is 464 g/mol. The molecule has 172 valence electrons. The van der Waals surface area contributed by atoms with Crippen molar-refractivity contribution in [2.24, 2.45) is 0 Å². The van der Waals surface area contributed by atoms with Gasteiger partial charge in [-0.3, -0.25) is 4.79 Å². The van der Waals surface area contributed by atoms with Crippen molar-refractivity contribution in [1.29, 1.82) is 0 Å². The Hall–Kier alpha value is -3.00. The Labute approximate surface area is 195 Å². The number of benzene rings is 3. The van der Waals surface area contributed by atoms with Gasteiger partial charge < -0.3 is 10.1 Å². The van der Waals surface area contributed by atoms with Gasteiger partial charge in [-0.25, -0.2) is 8.42 Å². The number of carbonyl (C=O) groups is 1. The molecule has 4 rings (SSSR count). The molecule has 3 aromatic carbocycles. The summed E-state index contributed by atoms with van der Waals surface area (Å²) in [6, 6.07) is 26.1. The molecule has 1 unspecified atom stereocenters. The average Bonchev–Trinajstić information content (AvgIpc) is 2.86. The van der Waals surface area contributed by atoms with Crippen molar-refractivity contribution in [2.45, 2.75) is 23.8 Å². The lowest BCUT2D eigenvalue weighted by atomic mass is 9.85. The van der Waals surface area contributed by atoms with Crippen LogP contribution in [0.2, 0.25) is 0 Å². The van der Waals surface area contributed by atoms with Crippen molar-refractivity contribution >= 4 is 15.9 Å². The highest BCUT2D eigenvalue weighted by Crippen LogP contribution is 2.28. The third-order valence-electron chi connectivity index (χ3n) is 5.88. The van der Waals surface area contributed by atoms with Gasteiger partial charge >= 0.3 is 0 Å². The molecule has 1 saturated heterocycles. The minimum absolute atomic E-state index is 0.0448. The molecule has 3 aromatic rings. The van der Waals surface area contributed by atoms with E-state index in [4.69, 9.17) is 4.74 Å². The zero-order valence-electron chi connectivity index (χ0n) is 18.6. The van der Waals surface area contributed by atoms with Crippen molar-refractivity contribution in [2.75, 3.05) is 26.3 Å². The number of carbonyl (C=O) groups excluding carboxylic acids is 1. The number of ether oxygens (including phenoxy) is 1. The Kier molecular flexibility index (Phi) is 7.23. The summed E-state index contributed by atoms with van der Waals surface area (Å²) >= 11 is 0. The maximum absolute atomic E-state index is 13.1. The summed E-state index contributed by atoms with van der Waals surface area (Å²) in [6.45, 7) is 3.34. The van der Waals surface area contributed by atoms with Gasteiger partial charge in [-0.05, 0) is 36.2 Å². The lowest BCUT2D eigenvalue weighted by molar-refractivity contribution is 0.0730. The zero-order valence-corrected chi connectivity index (χ0v) is 19.4. The highest BCUT2D eigenvalue weighted by atomic mass is 32.2. The molecule has 1 N–H and O–H groups in total. The SMILES string of the molecule is CC(NC(=O)c1cccc(S(=O)(=O)N2CCOCC2)c1)C(c1ccccc1)c1ccccc1. The quantitative estimate of drug-likeness (QED) is 0.579. The van der Waals surface area contributed by atoms with E-state index in [-0.39, 0.29) is 22.8 Å². The van der Waals surface area contributed by atoms with E-state index in [1.807, 2.05) is 43.3 Å². The van der Waals surface area contributed by atoms with Crippen LogP contribution in [0.5, 0.6) is 0 Å². The smallest absolute Gasteiger partial charge is 0.251 e. The average molecular weight is 465 g/mol. The van der Waals surface area contributed by atoms with Crippen LogP contribution in [-0.2, 0) is 14.8 Å². The second-order valence-corrected chi connectivity index (χ2v) is 10.0. The van der Waals surface area contributed by atoms with Gasteiger partial charge in [-0.1, -0.05) is 66.7 Å². The van der Waals surface area contributed by atoms with Gasteiger partial charge in [0.15, 0.2) is 0 Å². The summed E-state index contributed by atoms with van der Waals surface area (Å²) < 4.78 is 32.7. The Morgan fingerprint density at radius 1 is 0.879 bits per heavy atom. The second kappa shape index (κ2) is 10.3. The van der Waals surface area contributed by atoms with Crippen molar-refractivity contribution in [3.05, 3.63) is 102 Å². The summed E-state index contributed by atoms with van der Waals surface area (Å²) in [5.74, 6) is -0.352. The molecule has 6 nitrogen and oxygen atoms in total. The van der Waals surface area contributed by atoms with E-state index in [9.17, 15) is 13.2 Å². The molecule has 0 spiro atoms. The van der Waals surface area contributed by atoms with Crippen LogP contribution in [0.25, 0.3) is 0 Å². The molecular weight excluding hydrogens is 436 g/mol. The minimum atomic E-state index is -3.68. The first-order chi connectivity index (χ1) is 16.0. The lowest BCUT2D eigenvalue weighted by Gasteiger charge is -2.27. The van der Waals surface area contributed by atoms with Crippen LogP contribution in [0.3, 0.4) is 0 Å². The van der Waals surface area contributed by atoms with Gasteiger partial charge in [-0.2, -0.15) is 4.31 Å². The molecule has 33 heavy (non-hydrogen) atoms. The van der Waals surface area contributed by atoms with Crippen molar-refractivity contribution in [1.82, 2.24) is 9.62 Å². The zero-order chi connectivity index (χ0) is 23.3. The first kappa shape index (κ1) is 23.2. The Balaban J connectivity index is 1.56. The molecule has 0 aliphatic carbocycles. The summed E-state index contributed by atoms with van der Waals surface area (Å²) in [5.41, 5.74) is 2.51. The van der Waals surface area contributed by atoms with Crippen molar-refractivity contribution in [3.8, 4) is 0 Å². The van der Waals surface area contributed by atoms with Gasteiger partial charge in [0.05, 0.1) is 18.1 Å². The maximum atomic E-state index is 13.1. The number of nitrogens with one attached hydrogen (secondary N) is 1. The summed E-state index contributed by atoms with van der Waals surface area (Å²) in [5, 5.41) is 3.08. The number of hydrogen-bond donors (Lipinski definition) is 1. The van der Waals surface area contributed by atoms with Crippen LogP contribution in [0.15, 0.2) is 89.8 Å². The number of rotatable bonds is 7. The highest BCUT2D eigenvalue weighted by Gasteiger charge is 2.28. The molecule has 1 amide bonds. The molecule has 0 radical (unpaired) electrons. The van der Waals surface area contributed by atoms with E-state index >= 15 is 0 Å². The highest BCUT2D eigenvalue weighted by molar-refractivity contribution is 7.89. The Morgan fingerprint density at radius 3 is 2.03 bits per heavy atom. The molecule has 1 atom stereocenters. The van der Waals surface area contributed by atoms with Crippen LogP contribution in [0, 0.1) is 0 Å². The van der Waals surface area contributed by atoms with Crippen LogP contribution < -0.4 is 5.32 Å². The normalized spacial score (nSPS) is 15.8. The van der Waals surface area contributed by atoms with Gasteiger partial charge in [-0.15, -0.1) is 0 Å². The van der Waals surface area contributed by atoms with Crippen LogP contribution in [0.4, 0.5) is 0 Å². The van der Waals surface area contributed by atoms with E-state index in [0.29, 0.717) is 31.9 Å². The third kappa shape index (κ3) is 5.33. The van der Waals surface area contributed by atoms with Crippen LogP contribution in [-0.4, -0.2) is 51.0 Å². The molecule has 0 bridgehead atoms. The first-order valence-electron chi connectivity index (χ1n) is 11.1. The molecule has 1 aliphatic heterocycles. The number of sulfonamides is 1. The van der Waals surface area contributed by atoms with E-state index in [2.05, 4.69) is 29.6 Å². The second-order valence-electron chi connectivity index (χ2n) is 8.11. The number of hydrogen-bond acceptors (Lipinski definition) is 4. The fraction of sp³-hybridized carbons (Fsp3) is 0.269. The van der Waals surface area contributed by atoms with Gasteiger partial charge in [0.2, 0.25) is 10.0 Å². The largest absolute Gasteiger partial charge is 0.379 e. The number of morpholine rings is 1. The Bertz CT molecular complexity index is 1140. The van der Waals surface area contributed by atoms with Crippen molar-refractivity contribution in [3.63, 3.8) is 0 Å². The third-order valence-corrected chi connectivity index (χ3v) is 7.77. The van der Waals surface area contributed by atoms with Crippen LogP contribution >= 0.6 is 0 Å². The molecular formula is C26H28N2O4S. The summed E-state index contributed by atoms with van der Waals surface area (Å²) in [4.78, 5) is 13.3. The molecule has 0 aromatic heterocycles. The van der Waals surface area contributed by atoms with E-state index in [1.165, 1.54) is 16.4 Å². The topological polar surface area (TPSA) is 75.7 Å².